The number of anilines is 1. The van der Waals surface area contributed by atoms with Gasteiger partial charge in [-0.3, -0.25) is 4.98 Å². The summed E-state index contributed by atoms with van der Waals surface area (Å²) in [5.74, 6) is -0.0957. The first-order valence-corrected chi connectivity index (χ1v) is 7.22. The van der Waals surface area contributed by atoms with Crippen LogP contribution >= 0.6 is 11.6 Å². The van der Waals surface area contributed by atoms with Gasteiger partial charge in [-0.15, -0.1) is 0 Å². The maximum atomic E-state index is 11.8. The third-order valence-electron chi connectivity index (χ3n) is 3.02. The van der Waals surface area contributed by atoms with Gasteiger partial charge in [0.15, 0.2) is 0 Å². The van der Waals surface area contributed by atoms with Crippen LogP contribution in [-0.2, 0) is 6.42 Å². The van der Waals surface area contributed by atoms with Gasteiger partial charge < -0.3 is 15.7 Å². The first-order chi connectivity index (χ1) is 10.7. The zero-order chi connectivity index (χ0) is 15.8. The molecule has 2 rings (SSSR count). The minimum atomic E-state index is -0.360. The maximum Gasteiger partial charge on any atom is 0.319 e. The van der Waals surface area contributed by atoms with Crippen molar-refractivity contribution < 1.29 is 9.90 Å². The summed E-state index contributed by atoms with van der Waals surface area (Å²) in [4.78, 5) is 19.9. The molecule has 0 bridgehead atoms. The van der Waals surface area contributed by atoms with Crippen LogP contribution in [0, 0.1) is 5.92 Å². The highest BCUT2D eigenvalue weighted by molar-refractivity contribution is 6.29. The van der Waals surface area contributed by atoms with E-state index < -0.39 is 0 Å². The highest BCUT2D eigenvalue weighted by atomic mass is 35.5. The van der Waals surface area contributed by atoms with Gasteiger partial charge in [-0.2, -0.15) is 0 Å². The lowest BCUT2D eigenvalue weighted by molar-refractivity contribution is 0.217. The Morgan fingerprint density at radius 3 is 2.82 bits per heavy atom. The fourth-order valence-corrected chi connectivity index (χ4v) is 2.08. The molecule has 22 heavy (non-hydrogen) atoms. The molecule has 2 aromatic heterocycles. The minimum Gasteiger partial charge on any atom is -0.396 e. The van der Waals surface area contributed by atoms with Crippen LogP contribution in [-0.4, -0.2) is 34.3 Å². The molecule has 0 saturated carbocycles. The molecule has 3 N–H and O–H groups in total. The number of hydrogen-bond acceptors (Lipinski definition) is 4. The number of rotatable bonds is 6. The molecule has 0 radical (unpaired) electrons. The summed E-state index contributed by atoms with van der Waals surface area (Å²) >= 11 is 5.75. The predicted molar refractivity (Wildman–Crippen MR) is 84.8 cm³/mol. The molecule has 0 fully saturated rings. The molecule has 0 spiro atoms. The molecule has 2 amide bonds. The molecule has 116 valence electrons. The number of halogens is 1. The van der Waals surface area contributed by atoms with Gasteiger partial charge in [0.25, 0.3) is 0 Å². The second-order valence-electron chi connectivity index (χ2n) is 4.78. The summed E-state index contributed by atoms with van der Waals surface area (Å²) in [5.41, 5.74) is 1.44. The van der Waals surface area contributed by atoms with Gasteiger partial charge in [0.2, 0.25) is 0 Å². The van der Waals surface area contributed by atoms with E-state index in [0.717, 1.165) is 5.69 Å². The molecule has 0 aliphatic rings. The second kappa shape index (κ2) is 8.31. The van der Waals surface area contributed by atoms with Crippen molar-refractivity contribution in [3.8, 4) is 0 Å². The molecule has 2 aromatic rings. The molecular formula is C15H17ClN4O2. The molecule has 6 nitrogen and oxygen atoms in total. The van der Waals surface area contributed by atoms with Crippen molar-refractivity contribution >= 4 is 23.3 Å². The zero-order valence-electron chi connectivity index (χ0n) is 11.9. The number of nitrogens with one attached hydrogen (secondary N) is 2. The van der Waals surface area contributed by atoms with Crippen molar-refractivity contribution in [1.82, 2.24) is 15.3 Å². The zero-order valence-corrected chi connectivity index (χ0v) is 12.6. The molecule has 1 unspecified atom stereocenters. The number of carbonyl (C=O) groups excluding carboxylic acids is 1. The van der Waals surface area contributed by atoms with Crippen molar-refractivity contribution in [3.05, 3.63) is 53.6 Å². The number of amides is 2. The fraction of sp³-hybridized carbons (Fsp3) is 0.267. The lowest BCUT2D eigenvalue weighted by Gasteiger charge is -2.15. The van der Waals surface area contributed by atoms with Gasteiger partial charge in [0, 0.05) is 42.8 Å². The van der Waals surface area contributed by atoms with E-state index in [0.29, 0.717) is 23.8 Å². The van der Waals surface area contributed by atoms with Crippen molar-refractivity contribution in [3.63, 3.8) is 0 Å². The maximum absolute atomic E-state index is 11.8. The largest absolute Gasteiger partial charge is 0.396 e. The Balaban J connectivity index is 1.81. The van der Waals surface area contributed by atoms with Crippen LogP contribution in [0.4, 0.5) is 10.5 Å². The Labute approximate surface area is 133 Å². The number of pyridine rings is 2. The summed E-state index contributed by atoms with van der Waals surface area (Å²) < 4.78 is 0. The smallest absolute Gasteiger partial charge is 0.319 e. The Morgan fingerprint density at radius 1 is 1.27 bits per heavy atom. The summed E-state index contributed by atoms with van der Waals surface area (Å²) in [7, 11) is 0. The predicted octanol–water partition coefficient (Wildman–Crippen LogP) is 2.10. The number of aliphatic hydroxyl groups excluding tert-OH is 1. The quantitative estimate of drug-likeness (QED) is 0.711. The van der Waals surface area contributed by atoms with Crippen LogP contribution < -0.4 is 10.6 Å². The Hall–Kier alpha value is -2.18. The van der Waals surface area contributed by atoms with Crippen LogP contribution in [0.2, 0.25) is 5.15 Å². The number of aromatic nitrogens is 2. The monoisotopic (exact) mass is 320 g/mol. The fourth-order valence-electron chi connectivity index (χ4n) is 1.91. The minimum absolute atomic E-state index is 0.0298. The average Bonchev–Trinajstić information content (AvgIpc) is 2.52. The molecule has 0 saturated heterocycles. The molecule has 1 atom stereocenters. The van der Waals surface area contributed by atoms with E-state index in [1.807, 2.05) is 18.2 Å². The first-order valence-electron chi connectivity index (χ1n) is 6.84. The summed E-state index contributed by atoms with van der Waals surface area (Å²) in [6, 6.07) is 8.46. The van der Waals surface area contributed by atoms with Crippen molar-refractivity contribution in [2.75, 3.05) is 18.5 Å². The molecule has 0 aliphatic heterocycles. The van der Waals surface area contributed by atoms with E-state index in [4.69, 9.17) is 11.6 Å². The molecule has 0 aliphatic carbocycles. The SMILES string of the molecule is O=C(NCC(CO)Cc1ccccn1)Nc1ccnc(Cl)c1. The average molecular weight is 321 g/mol. The molecule has 2 heterocycles. The van der Waals surface area contributed by atoms with Crippen molar-refractivity contribution in [2.24, 2.45) is 5.92 Å². The molecular weight excluding hydrogens is 304 g/mol. The Morgan fingerprint density at radius 2 is 2.14 bits per heavy atom. The highest BCUT2D eigenvalue weighted by Crippen LogP contribution is 2.11. The van der Waals surface area contributed by atoms with Gasteiger partial charge in [0.05, 0.1) is 0 Å². The van der Waals surface area contributed by atoms with Crippen molar-refractivity contribution in [1.29, 1.82) is 0 Å². The van der Waals surface area contributed by atoms with Gasteiger partial charge in [0.1, 0.15) is 5.15 Å². The number of carbonyl (C=O) groups is 1. The van der Waals surface area contributed by atoms with Gasteiger partial charge in [-0.1, -0.05) is 17.7 Å². The summed E-state index contributed by atoms with van der Waals surface area (Å²) in [6.07, 6.45) is 3.81. The van der Waals surface area contributed by atoms with Gasteiger partial charge >= 0.3 is 6.03 Å². The van der Waals surface area contributed by atoms with E-state index >= 15 is 0 Å². The third-order valence-corrected chi connectivity index (χ3v) is 3.22. The topological polar surface area (TPSA) is 87.1 Å². The molecule has 7 heteroatoms. The number of urea groups is 1. The van der Waals surface area contributed by atoms with E-state index in [9.17, 15) is 9.90 Å². The van der Waals surface area contributed by atoms with Crippen LogP contribution in [0.5, 0.6) is 0 Å². The van der Waals surface area contributed by atoms with E-state index in [1.165, 1.54) is 6.20 Å². The Bertz CT molecular complexity index is 610. The van der Waals surface area contributed by atoms with Crippen LogP contribution in [0.3, 0.4) is 0 Å². The van der Waals surface area contributed by atoms with Crippen LogP contribution in [0.15, 0.2) is 42.7 Å². The van der Waals surface area contributed by atoms with E-state index in [1.54, 1.807) is 18.3 Å². The van der Waals surface area contributed by atoms with Crippen molar-refractivity contribution in [2.45, 2.75) is 6.42 Å². The number of hydrogen-bond donors (Lipinski definition) is 3. The summed E-state index contributed by atoms with van der Waals surface area (Å²) in [6.45, 7) is 0.315. The van der Waals surface area contributed by atoms with Crippen LogP contribution in [0.1, 0.15) is 5.69 Å². The summed E-state index contributed by atoms with van der Waals surface area (Å²) in [5, 5.41) is 15.1. The second-order valence-corrected chi connectivity index (χ2v) is 5.16. The lowest BCUT2D eigenvalue weighted by atomic mass is 10.0. The van der Waals surface area contributed by atoms with E-state index in [2.05, 4.69) is 20.6 Å². The standard InChI is InChI=1S/C15H17ClN4O2/c16-14-8-13(4-6-18-14)20-15(22)19-9-11(10-21)7-12-3-1-2-5-17-12/h1-6,8,11,21H,7,9-10H2,(H2,18,19,20,22). The molecule has 0 aromatic carbocycles. The first kappa shape index (κ1) is 16.2. The lowest BCUT2D eigenvalue weighted by Crippen LogP contribution is -2.35. The number of aliphatic hydroxyl groups is 1. The Kier molecular flexibility index (Phi) is 6.12. The van der Waals surface area contributed by atoms with Crippen LogP contribution in [0.25, 0.3) is 0 Å². The van der Waals surface area contributed by atoms with Gasteiger partial charge in [-0.25, -0.2) is 9.78 Å². The van der Waals surface area contributed by atoms with E-state index in [-0.39, 0.29) is 18.6 Å². The van der Waals surface area contributed by atoms with Gasteiger partial charge in [-0.05, 0) is 30.7 Å². The normalized spacial score (nSPS) is 11.7. The number of nitrogens with zero attached hydrogens (tertiary/aromatic N) is 2. The highest BCUT2D eigenvalue weighted by Gasteiger charge is 2.11. The third kappa shape index (κ3) is 5.31.